The van der Waals surface area contributed by atoms with E-state index < -0.39 is 5.60 Å². The van der Waals surface area contributed by atoms with Gasteiger partial charge in [0.15, 0.2) is 0 Å². The topological polar surface area (TPSA) is 32.5 Å². The Kier molecular flexibility index (Phi) is 4.00. The Morgan fingerprint density at radius 1 is 0.926 bits per heavy atom. The van der Waals surface area contributed by atoms with Crippen molar-refractivity contribution in [1.82, 2.24) is 4.90 Å². The first kappa shape index (κ1) is 16.5. The minimum atomic E-state index is -0.998. The molecular weight excluding hydrogens is 334 g/mol. The van der Waals surface area contributed by atoms with Gasteiger partial charge in [-0.1, -0.05) is 72.8 Å². The maximum absolute atomic E-state index is 11.8. The van der Waals surface area contributed by atoms with E-state index >= 15 is 0 Å². The van der Waals surface area contributed by atoms with E-state index in [0.717, 1.165) is 43.0 Å². The fourth-order valence-electron chi connectivity index (χ4n) is 4.25. The fourth-order valence-corrected chi connectivity index (χ4v) is 4.25. The van der Waals surface area contributed by atoms with Crippen LogP contribution in [-0.4, -0.2) is 29.2 Å². The third kappa shape index (κ3) is 2.93. The highest BCUT2D eigenvalue weighted by molar-refractivity contribution is 5.42. The van der Waals surface area contributed by atoms with Crippen molar-refractivity contribution in [2.45, 2.75) is 24.6 Å². The molecule has 3 aromatic rings. The maximum atomic E-state index is 11.8. The third-order valence-electron chi connectivity index (χ3n) is 5.76. The van der Waals surface area contributed by atoms with Gasteiger partial charge in [-0.25, -0.2) is 0 Å². The number of nitrogens with zero attached hydrogens (tertiary/aromatic N) is 1. The van der Waals surface area contributed by atoms with Gasteiger partial charge < -0.3 is 9.84 Å². The molecule has 5 rings (SSSR count). The summed E-state index contributed by atoms with van der Waals surface area (Å²) in [7, 11) is 0. The molecular formula is C24H23NO2. The van der Waals surface area contributed by atoms with Crippen LogP contribution in [0.1, 0.15) is 22.3 Å². The lowest BCUT2D eigenvalue weighted by Crippen LogP contribution is -2.36. The van der Waals surface area contributed by atoms with Gasteiger partial charge in [0.05, 0.1) is 12.6 Å². The third-order valence-corrected chi connectivity index (χ3v) is 5.76. The number of hydrogen-bond donors (Lipinski definition) is 1. The van der Waals surface area contributed by atoms with Crippen LogP contribution in [0.4, 0.5) is 0 Å². The Labute approximate surface area is 159 Å². The van der Waals surface area contributed by atoms with Crippen molar-refractivity contribution in [3.8, 4) is 5.75 Å². The molecule has 1 unspecified atom stereocenters. The molecule has 0 bridgehead atoms. The molecule has 1 saturated heterocycles. The Balaban J connectivity index is 1.43. The maximum Gasteiger partial charge on any atom is 0.131 e. The second kappa shape index (κ2) is 6.52. The molecule has 136 valence electrons. The lowest BCUT2D eigenvalue weighted by molar-refractivity contribution is 0.0638. The van der Waals surface area contributed by atoms with Crippen LogP contribution in [0.5, 0.6) is 5.75 Å². The van der Waals surface area contributed by atoms with Crippen LogP contribution < -0.4 is 4.74 Å². The molecule has 2 heterocycles. The van der Waals surface area contributed by atoms with Crippen molar-refractivity contribution in [2.75, 3.05) is 13.2 Å². The summed E-state index contributed by atoms with van der Waals surface area (Å²) in [6.45, 7) is 2.51. The number of rotatable bonds is 5. The van der Waals surface area contributed by atoms with Crippen molar-refractivity contribution in [1.29, 1.82) is 0 Å². The second-order valence-corrected chi connectivity index (χ2v) is 7.48. The van der Waals surface area contributed by atoms with Crippen LogP contribution in [-0.2, 0) is 18.6 Å². The monoisotopic (exact) mass is 357 g/mol. The number of benzene rings is 3. The quantitative estimate of drug-likeness (QED) is 0.706. The summed E-state index contributed by atoms with van der Waals surface area (Å²) < 4.78 is 5.61. The van der Waals surface area contributed by atoms with Crippen LogP contribution in [0.15, 0.2) is 78.9 Å². The summed E-state index contributed by atoms with van der Waals surface area (Å²) in [5.74, 6) is 1.02. The first-order chi connectivity index (χ1) is 13.2. The average molecular weight is 357 g/mol. The first-order valence-corrected chi connectivity index (χ1v) is 9.57. The predicted octanol–water partition coefficient (Wildman–Crippen LogP) is 3.74. The molecule has 0 radical (unpaired) electrons. The molecule has 0 saturated carbocycles. The zero-order chi connectivity index (χ0) is 18.3. The Morgan fingerprint density at radius 3 is 2.26 bits per heavy atom. The molecule has 2 aliphatic heterocycles. The summed E-state index contributed by atoms with van der Waals surface area (Å²) in [5, 5.41) is 11.8. The minimum absolute atomic E-state index is 0.0757. The van der Waals surface area contributed by atoms with Gasteiger partial charge in [-0.2, -0.15) is 0 Å². The SMILES string of the molecule is OC(c1ccccc1)(c1ccccc1)[C@@H]1CN1Cc1ccc2c(c1)CCO2. The smallest absolute Gasteiger partial charge is 0.131 e. The van der Waals surface area contributed by atoms with E-state index in [1.807, 2.05) is 60.7 Å². The van der Waals surface area contributed by atoms with Gasteiger partial charge in [-0.05, 0) is 28.3 Å². The molecule has 2 aliphatic rings. The Bertz CT molecular complexity index is 900. The molecule has 3 heteroatoms. The van der Waals surface area contributed by atoms with E-state index in [4.69, 9.17) is 4.74 Å². The van der Waals surface area contributed by atoms with Gasteiger partial charge in [0, 0.05) is 19.5 Å². The highest BCUT2D eigenvalue weighted by Gasteiger charge is 2.52. The fraction of sp³-hybridized carbons (Fsp3) is 0.250. The van der Waals surface area contributed by atoms with Gasteiger partial charge in [-0.15, -0.1) is 0 Å². The van der Waals surface area contributed by atoms with E-state index in [2.05, 4.69) is 23.1 Å². The highest BCUT2D eigenvalue weighted by Crippen LogP contribution is 2.43. The molecule has 0 amide bonds. The van der Waals surface area contributed by atoms with Crippen molar-refractivity contribution < 1.29 is 9.84 Å². The molecule has 3 aromatic carbocycles. The minimum Gasteiger partial charge on any atom is -0.493 e. The average Bonchev–Trinajstić information content (AvgIpc) is 3.34. The highest BCUT2D eigenvalue weighted by atomic mass is 16.5. The van der Waals surface area contributed by atoms with E-state index in [1.165, 1.54) is 11.1 Å². The lowest BCUT2D eigenvalue weighted by Gasteiger charge is -2.30. The molecule has 0 aromatic heterocycles. The van der Waals surface area contributed by atoms with Crippen LogP contribution in [0.25, 0.3) is 0 Å². The van der Waals surface area contributed by atoms with Crippen molar-refractivity contribution in [3.05, 3.63) is 101 Å². The van der Waals surface area contributed by atoms with E-state index in [1.54, 1.807) is 0 Å². The standard InChI is InChI=1S/C24H23NO2/c26-24(20-7-3-1-4-8-20,21-9-5-2-6-10-21)23-17-25(23)16-18-11-12-22-19(15-18)13-14-27-22/h1-12,15,23,26H,13-14,16-17H2/t23-,25?/m0/s1. The van der Waals surface area contributed by atoms with Crippen LogP contribution in [0.2, 0.25) is 0 Å². The number of aliphatic hydroxyl groups is 1. The van der Waals surface area contributed by atoms with E-state index in [9.17, 15) is 5.11 Å². The normalized spacial score (nSPS) is 20.8. The summed E-state index contributed by atoms with van der Waals surface area (Å²) in [5.41, 5.74) is 3.48. The van der Waals surface area contributed by atoms with Gasteiger partial charge in [0.1, 0.15) is 11.4 Å². The summed E-state index contributed by atoms with van der Waals surface area (Å²) in [6.07, 6.45) is 0.991. The van der Waals surface area contributed by atoms with Crippen LogP contribution in [0.3, 0.4) is 0 Å². The van der Waals surface area contributed by atoms with Gasteiger partial charge in [-0.3, -0.25) is 4.90 Å². The number of ether oxygens (including phenoxy) is 1. The van der Waals surface area contributed by atoms with Crippen LogP contribution >= 0.6 is 0 Å². The van der Waals surface area contributed by atoms with Crippen molar-refractivity contribution in [2.24, 2.45) is 0 Å². The zero-order valence-corrected chi connectivity index (χ0v) is 15.2. The number of hydrogen-bond acceptors (Lipinski definition) is 3. The van der Waals surface area contributed by atoms with Gasteiger partial charge in [0.2, 0.25) is 0 Å². The zero-order valence-electron chi connectivity index (χ0n) is 15.2. The molecule has 0 aliphatic carbocycles. The molecule has 0 spiro atoms. The molecule has 1 N–H and O–H groups in total. The molecule has 1 fully saturated rings. The molecule has 27 heavy (non-hydrogen) atoms. The first-order valence-electron chi connectivity index (χ1n) is 9.57. The van der Waals surface area contributed by atoms with E-state index in [-0.39, 0.29) is 6.04 Å². The molecule has 3 nitrogen and oxygen atoms in total. The largest absolute Gasteiger partial charge is 0.493 e. The number of fused-ring (bicyclic) bond motifs is 1. The van der Waals surface area contributed by atoms with E-state index in [0.29, 0.717) is 0 Å². The van der Waals surface area contributed by atoms with Gasteiger partial charge in [0.25, 0.3) is 0 Å². The Hall–Kier alpha value is -2.62. The Morgan fingerprint density at radius 2 is 1.59 bits per heavy atom. The predicted molar refractivity (Wildman–Crippen MR) is 106 cm³/mol. The summed E-state index contributed by atoms with van der Waals surface area (Å²) in [4.78, 5) is 2.34. The lowest BCUT2D eigenvalue weighted by atomic mass is 9.83. The van der Waals surface area contributed by atoms with Gasteiger partial charge >= 0.3 is 0 Å². The molecule has 2 atom stereocenters. The van der Waals surface area contributed by atoms with Crippen molar-refractivity contribution >= 4 is 0 Å². The van der Waals surface area contributed by atoms with Crippen LogP contribution in [0, 0.1) is 0 Å². The van der Waals surface area contributed by atoms with Crippen molar-refractivity contribution in [3.63, 3.8) is 0 Å². The summed E-state index contributed by atoms with van der Waals surface area (Å²) in [6, 6.07) is 26.6. The summed E-state index contributed by atoms with van der Waals surface area (Å²) >= 11 is 0. The second-order valence-electron chi connectivity index (χ2n) is 7.48.